The minimum Gasteiger partial charge on any atom is -0.397 e. The number of ketones is 2. The predicted molar refractivity (Wildman–Crippen MR) is 108 cm³/mol. The highest BCUT2D eigenvalue weighted by molar-refractivity contribution is 9.10. The lowest BCUT2D eigenvalue weighted by Gasteiger charge is -2.29. The maximum absolute atomic E-state index is 12.9. The second kappa shape index (κ2) is 5.99. The SMILES string of the molecule is CC1(C)CC(=O)c2cc3c(N)c(C(=O)c4ccc(Br)cc4)sc3nc2C1. The van der Waals surface area contributed by atoms with Gasteiger partial charge in [-0.2, -0.15) is 0 Å². The van der Waals surface area contributed by atoms with Crippen molar-refractivity contribution in [3.8, 4) is 0 Å². The molecule has 1 aliphatic rings. The minimum atomic E-state index is -0.123. The average molecular weight is 429 g/mol. The quantitative estimate of drug-likeness (QED) is 0.580. The number of aromatic nitrogens is 1. The largest absolute Gasteiger partial charge is 0.397 e. The van der Waals surface area contributed by atoms with Crippen molar-refractivity contribution in [3.63, 3.8) is 0 Å². The minimum absolute atomic E-state index is 0.0936. The zero-order valence-corrected chi connectivity index (χ0v) is 16.8. The normalized spacial score (nSPS) is 15.9. The fraction of sp³-hybridized carbons (Fsp3) is 0.250. The van der Waals surface area contributed by atoms with Crippen LogP contribution in [-0.4, -0.2) is 16.6 Å². The summed E-state index contributed by atoms with van der Waals surface area (Å²) in [5, 5.41) is 0.697. The molecule has 1 aliphatic carbocycles. The monoisotopic (exact) mass is 428 g/mol. The third kappa shape index (κ3) is 2.87. The Morgan fingerprint density at radius 1 is 1.23 bits per heavy atom. The van der Waals surface area contributed by atoms with Crippen LogP contribution in [-0.2, 0) is 6.42 Å². The smallest absolute Gasteiger partial charge is 0.205 e. The second-order valence-corrected chi connectivity index (χ2v) is 9.37. The van der Waals surface area contributed by atoms with E-state index in [1.807, 2.05) is 18.2 Å². The highest BCUT2D eigenvalue weighted by atomic mass is 79.9. The summed E-state index contributed by atoms with van der Waals surface area (Å²) in [5.74, 6) is -0.0281. The van der Waals surface area contributed by atoms with E-state index in [1.54, 1.807) is 12.1 Å². The zero-order valence-electron chi connectivity index (χ0n) is 14.4. The molecule has 2 N–H and O–H groups in total. The van der Waals surface area contributed by atoms with Crippen molar-refractivity contribution in [2.45, 2.75) is 26.7 Å². The number of anilines is 1. The van der Waals surface area contributed by atoms with Gasteiger partial charge in [-0.15, -0.1) is 11.3 Å². The number of benzene rings is 1. The molecule has 0 saturated heterocycles. The molecule has 0 radical (unpaired) electrons. The van der Waals surface area contributed by atoms with Gasteiger partial charge in [0.25, 0.3) is 0 Å². The molecule has 6 heteroatoms. The number of carbonyl (C=O) groups excluding carboxylic acids is 2. The number of carbonyl (C=O) groups is 2. The Bertz CT molecular complexity index is 1070. The van der Waals surface area contributed by atoms with Gasteiger partial charge in [-0.25, -0.2) is 4.98 Å². The number of nitrogens with two attached hydrogens (primary N) is 1. The Kier molecular flexibility index (Phi) is 4.00. The number of nitrogens with zero attached hydrogens (tertiary/aromatic N) is 1. The molecule has 132 valence electrons. The lowest BCUT2D eigenvalue weighted by molar-refractivity contribution is 0.0910. The molecule has 0 amide bonds. The van der Waals surface area contributed by atoms with Gasteiger partial charge < -0.3 is 5.73 Å². The fourth-order valence-electron chi connectivity index (χ4n) is 3.40. The van der Waals surface area contributed by atoms with Crippen molar-refractivity contribution >= 4 is 54.7 Å². The van der Waals surface area contributed by atoms with Crippen molar-refractivity contribution in [2.75, 3.05) is 5.73 Å². The molecule has 2 aromatic heterocycles. The zero-order chi connectivity index (χ0) is 18.6. The topological polar surface area (TPSA) is 73.1 Å². The van der Waals surface area contributed by atoms with Crippen LogP contribution in [0, 0.1) is 5.41 Å². The first-order valence-corrected chi connectivity index (χ1v) is 9.91. The summed E-state index contributed by atoms with van der Waals surface area (Å²) in [6.07, 6.45) is 1.25. The standard InChI is InChI=1S/C20H17BrN2O2S/c1-20(2)8-14-12(15(24)9-20)7-13-16(22)18(26-19(13)23-14)17(25)10-3-5-11(21)6-4-10/h3-7H,8-9,22H2,1-2H3. The Labute approximate surface area is 163 Å². The van der Waals surface area contributed by atoms with Crippen LogP contribution < -0.4 is 5.73 Å². The molecule has 0 saturated carbocycles. The van der Waals surface area contributed by atoms with Crippen LogP contribution in [0.25, 0.3) is 10.2 Å². The van der Waals surface area contributed by atoms with E-state index in [1.165, 1.54) is 11.3 Å². The molecule has 0 spiro atoms. The van der Waals surface area contributed by atoms with Crippen molar-refractivity contribution in [1.29, 1.82) is 0 Å². The van der Waals surface area contributed by atoms with Gasteiger partial charge in [-0.3, -0.25) is 9.59 Å². The van der Waals surface area contributed by atoms with E-state index < -0.39 is 0 Å². The number of pyridine rings is 1. The van der Waals surface area contributed by atoms with Crippen molar-refractivity contribution < 1.29 is 9.59 Å². The maximum atomic E-state index is 12.9. The molecule has 3 aromatic rings. The fourth-order valence-corrected chi connectivity index (χ4v) is 4.72. The molecule has 2 heterocycles. The highest BCUT2D eigenvalue weighted by Crippen LogP contribution is 2.39. The number of hydrogen-bond donors (Lipinski definition) is 1. The number of nitrogen functional groups attached to an aromatic ring is 1. The van der Waals surface area contributed by atoms with Gasteiger partial charge in [0.05, 0.1) is 11.4 Å². The first-order chi connectivity index (χ1) is 12.2. The Balaban J connectivity index is 1.84. The summed E-state index contributed by atoms with van der Waals surface area (Å²) in [4.78, 5) is 31.2. The van der Waals surface area contributed by atoms with Crippen LogP contribution in [0.3, 0.4) is 0 Å². The van der Waals surface area contributed by atoms with Crippen molar-refractivity contribution in [3.05, 3.63) is 56.5 Å². The van der Waals surface area contributed by atoms with Crippen LogP contribution in [0.1, 0.15) is 51.6 Å². The molecular formula is C20H17BrN2O2S. The van der Waals surface area contributed by atoms with Gasteiger partial charge in [0.2, 0.25) is 5.78 Å². The molecular weight excluding hydrogens is 412 g/mol. The summed E-state index contributed by atoms with van der Waals surface area (Å²) in [6.45, 7) is 4.15. The van der Waals surface area contributed by atoms with Crippen LogP contribution in [0.5, 0.6) is 0 Å². The second-order valence-electron chi connectivity index (χ2n) is 7.46. The first kappa shape index (κ1) is 17.4. The molecule has 0 unspecified atom stereocenters. The van der Waals surface area contributed by atoms with E-state index in [0.29, 0.717) is 38.3 Å². The maximum Gasteiger partial charge on any atom is 0.205 e. The van der Waals surface area contributed by atoms with E-state index in [9.17, 15) is 9.59 Å². The summed E-state index contributed by atoms with van der Waals surface area (Å²) >= 11 is 4.67. The molecule has 0 bridgehead atoms. The number of rotatable bonds is 2. The lowest BCUT2D eigenvalue weighted by Crippen LogP contribution is -2.27. The van der Waals surface area contributed by atoms with Gasteiger partial charge >= 0.3 is 0 Å². The summed E-state index contributed by atoms with van der Waals surface area (Å²) in [6, 6.07) is 9.00. The third-order valence-corrected chi connectivity index (χ3v) is 6.34. The molecule has 0 atom stereocenters. The van der Waals surface area contributed by atoms with Crippen LogP contribution in [0.15, 0.2) is 34.8 Å². The highest BCUT2D eigenvalue weighted by Gasteiger charge is 2.33. The molecule has 4 nitrogen and oxygen atoms in total. The third-order valence-electron chi connectivity index (χ3n) is 4.70. The van der Waals surface area contributed by atoms with Gasteiger partial charge in [0.15, 0.2) is 5.78 Å². The van der Waals surface area contributed by atoms with E-state index in [0.717, 1.165) is 16.6 Å². The van der Waals surface area contributed by atoms with Gasteiger partial charge in [0.1, 0.15) is 9.71 Å². The Morgan fingerprint density at radius 3 is 2.62 bits per heavy atom. The van der Waals surface area contributed by atoms with Gasteiger partial charge in [-0.05, 0) is 42.2 Å². The van der Waals surface area contributed by atoms with E-state index in [-0.39, 0.29) is 17.0 Å². The lowest BCUT2D eigenvalue weighted by atomic mass is 9.75. The van der Waals surface area contributed by atoms with Crippen LogP contribution >= 0.6 is 27.3 Å². The number of Topliss-reactive ketones (excluding diaryl/α,β-unsaturated/α-hetero) is 1. The van der Waals surface area contributed by atoms with Crippen molar-refractivity contribution in [1.82, 2.24) is 4.98 Å². The molecule has 26 heavy (non-hydrogen) atoms. The van der Waals surface area contributed by atoms with Crippen LogP contribution in [0.2, 0.25) is 0 Å². The van der Waals surface area contributed by atoms with Crippen LogP contribution in [0.4, 0.5) is 5.69 Å². The summed E-state index contributed by atoms with van der Waals surface area (Å²) in [7, 11) is 0. The Morgan fingerprint density at radius 2 is 1.92 bits per heavy atom. The first-order valence-electron chi connectivity index (χ1n) is 8.30. The molecule has 0 aliphatic heterocycles. The van der Waals surface area contributed by atoms with Crippen molar-refractivity contribution in [2.24, 2.45) is 5.41 Å². The van der Waals surface area contributed by atoms with E-state index in [4.69, 9.17) is 10.7 Å². The van der Waals surface area contributed by atoms with Gasteiger partial charge in [-0.1, -0.05) is 29.8 Å². The van der Waals surface area contributed by atoms with E-state index in [2.05, 4.69) is 29.8 Å². The summed E-state index contributed by atoms with van der Waals surface area (Å²) in [5.41, 5.74) is 8.61. The Hall–Kier alpha value is -2.05. The number of fused-ring (bicyclic) bond motifs is 2. The molecule has 4 rings (SSSR count). The average Bonchev–Trinajstić information content (AvgIpc) is 2.88. The summed E-state index contributed by atoms with van der Waals surface area (Å²) < 4.78 is 0.911. The molecule has 1 aromatic carbocycles. The predicted octanol–water partition coefficient (Wildman–Crippen LogP) is 5.03. The molecule has 0 fully saturated rings. The number of thiophene rings is 1. The van der Waals surface area contributed by atoms with E-state index >= 15 is 0 Å². The van der Waals surface area contributed by atoms with Gasteiger partial charge in [0, 0.05) is 27.4 Å². The number of hydrogen-bond acceptors (Lipinski definition) is 5. The number of halogens is 1.